The number of morpholine rings is 1. The van der Waals surface area contributed by atoms with Crippen LogP contribution in [0.25, 0.3) is 0 Å². The van der Waals surface area contributed by atoms with Gasteiger partial charge < -0.3 is 9.84 Å². The Morgan fingerprint density at radius 2 is 1.50 bits per heavy atom. The second-order valence-electron chi connectivity index (χ2n) is 7.22. The molecule has 3 rings (SSSR count). The molecule has 2 aromatic carbocycles. The fourth-order valence-electron chi connectivity index (χ4n) is 3.87. The third kappa shape index (κ3) is 4.47. The Bertz CT molecular complexity index is 644. The van der Waals surface area contributed by atoms with Crippen molar-refractivity contribution in [1.82, 2.24) is 4.90 Å². The van der Waals surface area contributed by atoms with Gasteiger partial charge in [0.2, 0.25) is 0 Å². The summed E-state index contributed by atoms with van der Waals surface area (Å²) < 4.78 is 5.50. The predicted molar refractivity (Wildman–Crippen MR) is 109 cm³/mol. The van der Waals surface area contributed by atoms with Gasteiger partial charge in [0.05, 0.1) is 18.8 Å². The van der Waals surface area contributed by atoms with Gasteiger partial charge in [-0.3, -0.25) is 4.90 Å². The Balaban J connectivity index is 0.00000243. The molecule has 26 heavy (non-hydrogen) atoms. The van der Waals surface area contributed by atoms with Crippen molar-refractivity contribution in [2.75, 3.05) is 32.8 Å². The van der Waals surface area contributed by atoms with Gasteiger partial charge in [0.1, 0.15) is 0 Å². The zero-order chi connectivity index (χ0) is 17.7. The molecule has 2 aromatic rings. The summed E-state index contributed by atoms with van der Waals surface area (Å²) in [5.74, 6) is 0.107. The first-order valence-electron chi connectivity index (χ1n) is 9.25. The highest BCUT2D eigenvalue weighted by atomic mass is 35.5. The third-order valence-electron chi connectivity index (χ3n) is 5.39. The molecule has 0 aliphatic carbocycles. The van der Waals surface area contributed by atoms with Crippen LogP contribution in [-0.4, -0.2) is 42.9 Å². The minimum Gasteiger partial charge on any atom is -0.384 e. The molecular formula is C22H30ClNO2. The van der Waals surface area contributed by atoms with E-state index in [0.717, 1.165) is 38.4 Å². The van der Waals surface area contributed by atoms with E-state index in [-0.39, 0.29) is 24.2 Å². The van der Waals surface area contributed by atoms with Crippen molar-refractivity contribution in [1.29, 1.82) is 0 Å². The summed E-state index contributed by atoms with van der Waals surface area (Å²) >= 11 is 0. The van der Waals surface area contributed by atoms with Crippen LogP contribution in [0.5, 0.6) is 0 Å². The standard InChI is InChI=1S/C22H29NO2.ClH/c1-18(2)22(24,20-11-7-4-8-12-20)21(19-9-5-3-6-10-19)17-23-13-15-25-16-14-23;/h3-12,18,21,24H,13-17H2,1-2H3;1H. The summed E-state index contributed by atoms with van der Waals surface area (Å²) in [6.45, 7) is 8.44. The molecule has 1 N–H and O–H groups in total. The van der Waals surface area contributed by atoms with Gasteiger partial charge in [-0.15, -0.1) is 12.4 Å². The zero-order valence-corrected chi connectivity index (χ0v) is 16.5. The van der Waals surface area contributed by atoms with E-state index in [1.165, 1.54) is 5.56 Å². The van der Waals surface area contributed by atoms with E-state index in [4.69, 9.17) is 4.74 Å². The van der Waals surface area contributed by atoms with E-state index in [2.05, 4.69) is 55.1 Å². The highest BCUT2D eigenvalue weighted by molar-refractivity contribution is 5.85. The van der Waals surface area contributed by atoms with Crippen molar-refractivity contribution in [2.45, 2.75) is 25.4 Å². The highest BCUT2D eigenvalue weighted by Gasteiger charge is 2.42. The van der Waals surface area contributed by atoms with E-state index in [9.17, 15) is 5.11 Å². The number of ether oxygens (including phenoxy) is 1. The monoisotopic (exact) mass is 375 g/mol. The number of benzene rings is 2. The number of hydrogen-bond acceptors (Lipinski definition) is 3. The highest BCUT2D eigenvalue weighted by Crippen LogP contribution is 2.43. The van der Waals surface area contributed by atoms with Gasteiger partial charge in [-0.2, -0.15) is 0 Å². The molecule has 3 nitrogen and oxygen atoms in total. The minimum absolute atomic E-state index is 0. The lowest BCUT2D eigenvalue weighted by molar-refractivity contribution is -0.0547. The summed E-state index contributed by atoms with van der Waals surface area (Å²) in [7, 11) is 0. The second kappa shape index (κ2) is 9.52. The third-order valence-corrected chi connectivity index (χ3v) is 5.39. The molecule has 142 valence electrons. The Hall–Kier alpha value is -1.39. The molecule has 2 unspecified atom stereocenters. The van der Waals surface area contributed by atoms with Crippen molar-refractivity contribution in [3.63, 3.8) is 0 Å². The maximum atomic E-state index is 11.9. The summed E-state index contributed by atoms with van der Waals surface area (Å²) in [4.78, 5) is 2.41. The molecular weight excluding hydrogens is 346 g/mol. The number of rotatable bonds is 6. The summed E-state index contributed by atoms with van der Waals surface area (Å²) in [6, 6.07) is 20.6. The van der Waals surface area contributed by atoms with Crippen LogP contribution in [0.3, 0.4) is 0 Å². The fourth-order valence-corrected chi connectivity index (χ4v) is 3.87. The van der Waals surface area contributed by atoms with Crippen LogP contribution in [0.1, 0.15) is 30.9 Å². The average Bonchev–Trinajstić information content (AvgIpc) is 2.67. The lowest BCUT2D eigenvalue weighted by Crippen LogP contribution is -2.47. The molecule has 0 spiro atoms. The fraction of sp³-hybridized carbons (Fsp3) is 0.455. The SMILES string of the molecule is CC(C)C(O)(c1ccccc1)C(CN1CCOCC1)c1ccccc1.Cl. The predicted octanol–water partition coefficient (Wildman–Crippen LogP) is 4.07. The molecule has 1 fully saturated rings. The topological polar surface area (TPSA) is 32.7 Å². The van der Waals surface area contributed by atoms with Crippen LogP contribution < -0.4 is 0 Å². The van der Waals surface area contributed by atoms with Crippen molar-refractivity contribution < 1.29 is 9.84 Å². The summed E-state index contributed by atoms with van der Waals surface area (Å²) in [5.41, 5.74) is 1.27. The molecule has 4 heteroatoms. The lowest BCUT2D eigenvalue weighted by atomic mass is 9.70. The first kappa shape index (κ1) is 20.9. The van der Waals surface area contributed by atoms with Gasteiger partial charge in [0.25, 0.3) is 0 Å². The number of hydrogen-bond donors (Lipinski definition) is 1. The Labute approximate surface area is 163 Å². The molecule has 1 aliphatic rings. The smallest absolute Gasteiger partial charge is 0.0999 e. The van der Waals surface area contributed by atoms with Crippen molar-refractivity contribution in [3.05, 3.63) is 71.8 Å². The van der Waals surface area contributed by atoms with Gasteiger partial charge in [-0.05, 0) is 17.0 Å². The lowest BCUT2D eigenvalue weighted by Gasteiger charge is -2.43. The van der Waals surface area contributed by atoms with Crippen LogP contribution in [-0.2, 0) is 10.3 Å². The Morgan fingerprint density at radius 1 is 0.962 bits per heavy atom. The first-order chi connectivity index (χ1) is 12.1. The molecule has 1 saturated heterocycles. The first-order valence-corrected chi connectivity index (χ1v) is 9.25. The number of aliphatic hydroxyl groups is 1. The second-order valence-corrected chi connectivity index (χ2v) is 7.22. The number of nitrogens with zero attached hydrogens (tertiary/aromatic N) is 1. The van der Waals surface area contributed by atoms with Crippen LogP contribution in [0.15, 0.2) is 60.7 Å². The van der Waals surface area contributed by atoms with E-state index in [1.807, 2.05) is 24.3 Å². The van der Waals surface area contributed by atoms with Gasteiger partial charge in [-0.25, -0.2) is 0 Å². The van der Waals surface area contributed by atoms with Crippen LogP contribution in [0.2, 0.25) is 0 Å². The largest absolute Gasteiger partial charge is 0.384 e. The summed E-state index contributed by atoms with van der Waals surface area (Å²) in [5, 5.41) is 11.9. The van der Waals surface area contributed by atoms with Crippen LogP contribution in [0.4, 0.5) is 0 Å². The Morgan fingerprint density at radius 3 is 2.04 bits per heavy atom. The maximum absolute atomic E-state index is 11.9. The van der Waals surface area contributed by atoms with Crippen LogP contribution in [0, 0.1) is 5.92 Å². The quantitative estimate of drug-likeness (QED) is 0.826. The van der Waals surface area contributed by atoms with Gasteiger partial charge >= 0.3 is 0 Å². The molecule has 0 bridgehead atoms. The minimum atomic E-state index is -0.916. The molecule has 1 aliphatic heterocycles. The number of halogens is 1. The van der Waals surface area contributed by atoms with E-state index in [1.54, 1.807) is 0 Å². The molecule has 0 aromatic heterocycles. The van der Waals surface area contributed by atoms with Gasteiger partial charge in [0.15, 0.2) is 0 Å². The maximum Gasteiger partial charge on any atom is 0.0999 e. The van der Waals surface area contributed by atoms with Crippen molar-refractivity contribution in [2.24, 2.45) is 5.92 Å². The van der Waals surface area contributed by atoms with Crippen LogP contribution >= 0.6 is 12.4 Å². The van der Waals surface area contributed by atoms with E-state index in [0.29, 0.717) is 0 Å². The van der Waals surface area contributed by atoms with E-state index < -0.39 is 5.60 Å². The molecule has 2 atom stereocenters. The van der Waals surface area contributed by atoms with Crippen molar-refractivity contribution in [3.8, 4) is 0 Å². The van der Waals surface area contributed by atoms with Gasteiger partial charge in [-0.1, -0.05) is 74.5 Å². The average molecular weight is 376 g/mol. The molecule has 0 saturated carbocycles. The molecule has 1 heterocycles. The Kier molecular flexibility index (Phi) is 7.66. The zero-order valence-electron chi connectivity index (χ0n) is 15.7. The molecule has 0 amide bonds. The normalized spacial score (nSPS) is 18.8. The summed E-state index contributed by atoms with van der Waals surface area (Å²) in [6.07, 6.45) is 0. The molecule has 0 radical (unpaired) electrons. The van der Waals surface area contributed by atoms with E-state index >= 15 is 0 Å². The van der Waals surface area contributed by atoms with Crippen molar-refractivity contribution >= 4 is 12.4 Å². The van der Waals surface area contributed by atoms with Gasteiger partial charge in [0, 0.05) is 25.6 Å².